The van der Waals surface area contributed by atoms with Gasteiger partial charge in [0, 0.05) is 13.2 Å². The van der Waals surface area contributed by atoms with Gasteiger partial charge in [-0.05, 0) is 42.1 Å². The van der Waals surface area contributed by atoms with E-state index in [4.69, 9.17) is 21.9 Å². The summed E-state index contributed by atoms with van der Waals surface area (Å²) >= 11 is 5.73. The van der Waals surface area contributed by atoms with Crippen LogP contribution in [0.2, 0.25) is 5.22 Å². The minimum atomic E-state index is -0.0392. The summed E-state index contributed by atoms with van der Waals surface area (Å²) < 4.78 is 7.11. The average molecular weight is 255 g/mol. The molecule has 0 bridgehead atoms. The highest BCUT2D eigenvalue weighted by Gasteiger charge is 2.14. The van der Waals surface area contributed by atoms with Crippen LogP contribution in [0.1, 0.15) is 23.8 Å². The minimum absolute atomic E-state index is 0.0392. The molecule has 0 aromatic carbocycles. The van der Waals surface area contributed by atoms with E-state index in [0.717, 1.165) is 18.6 Å². The first-order chi connectivity index (χ1) is 8.19. The van der Waals surface area contributed by atoms with E-state index in [1.807, 2.05) is 25.5 Å². The molecule has 92 valence electrons. The maximum atomic E-state index is 5.73. The summed E-state index contributed by atoms with van der Waals surface area (Å²) in [6, 6.07) is 3.50. The average Bonchev–Trinajstić information content (AvgIpc) is 2.89. The summed E-state index contributed by atoms with van der Waals surface area (Å²) in [5, 5.41) is 4.49. The van der Waals surface area contributed by atoms with Gasteiger partial charge in [0.15, 0.2) is 5.22 Å². The van der Waals surface area contributed by atoms with Crippen molar-refractivity contribution < 1.29 is 4.42 Å². The van der Waals surface area contributed by atoms with E-state index < -0.39 is 0 Å². The number of nitrogens with one attached hydrogen (secondary N) is 1. The summed E-state index contributed by atoms with van der Waals surface area (Å²) in [4.78, 5) is 0. The molecule has 0 saturated carbocycles. The van der Waals surface area contributed by atoms with E-state index >= 15 is 0 Å². The predicted molar refractivity (Wildman–Crippen MR) is 65.3 cm³/mol. The third-order valence-electron chi connectivity index (χ3n) is 2.62. The number of nitrogens with two attached hydrogens (primary N) is 1. The van der Waals surface area contributed by atoms with E-state index in [0.29, 0.717) is 5.22 Å². The Hall–Kier alpha value is -1.30. The molecule has 17 heavy (non-hydrogen) atoms. The van der Waals surface area contributed by atoms with Crippen molar-refractivity contribution in [2.45, 2.75) is 18.9 Å². The van der Waals surface area contributed by atoms with Gasteiger partial charge in [-0.1, -0.05) is 0 Å². The second kappa shape index (κ2) is 5.35. The molecule has 2 aromatic rings. The Morgan fingerprint density at radius 3 is 2.94 bits per heavy atom. The quantitative estimate of drug-likeness (QED) is 0.631. The van der Waals surface area contributed by atoms with Crippen LogP contribution in [0.25, 0.3) is 0 Å². The van der Waals surface area contributed by atoms with Crippen LogP contribution < -0.4 is 11.3 Å². The summed E-state index contributed by atoms with van der Waals surface area (Å²) in [5.74, 6) is 6.26. The van der Waals surface area contributed by atoms with Gasteiger partial charge in [0.1, 0.15) is 5.76 Å². The molecule has 0 aliphatic heterocycles. The van der Waals surface area contributed by atoms with Crippen LogP contribution in [0.4, 0.5) is 0 Å². The second-order valence-corrected chi connectivity index (χ2v) is 4.29. The molecule has 0 aliphatic carbocycles. The Morgan fingerprint density at radius 1 is 1.59 bits per heavy atom. The molecular formula is C11H15ClN4O. The van der Waals surface area contributed by atoms with E-state index in [1.54, 1.807) is 10.7 Å². The number of halogens is 1. The Morgan fingerprint density at radius 2 is 2.41 bits per heavy atom. The fourth-order valence-corrected chi connectivity index (χ4v) is 1.89. The van der Waals surface area contributed by atoms with Gasteiger partial charge in [-0.25, -0.2) is 5.43 Å². The van der Waals surface area contributed by atoms with Crippen LogP contribution >= 0.6 is 11.6 Å². The van der Waals surface area contributed by atoms with Gasteiger partial charge in [0.05, 0.1) is 12.2 Å². The molecule has 1 unspecified atom stereocenters. The summed E-state index contributed by atoms with van der Waals surface area (Å²) in [7, 11) is 1.90. The molecule has 3 N–H and O–H groups in total. The molecule has 0 aliphatic rings. The molecule has 0 amide bonds. The molecule has 2 rings (SSSR count). The van der Waals surface area contributed by atoms with Crippen molar-refractivity contribution >= 4 is 11.6 Å². The lowest BCUT2D eigenvalue weighted by atomic mass is 10.1. The number of aromatic nitrogens is 2. The number of hydrazine groups is 1. The molecule has 2 aromatic heterocycles. The van der Waals surface area contributed by atoms with Gasteiger partial charge in [0.25, 0.3) is 0 Å². The number of aryl methyl sites for hydroxylation is 2. The Labute approximate surface area is 105 Å². The Bertz CT molecular complexity index is 479. The Balaban J connectivity index is 1.96. The molecule has 2 heterocycles. The monoisotopic (exact) mass is 254 g/mol. The maximum Gasteiger partial charge on any atom is 0.193 e. The largest absolute Gasteiger partial charge is 0.448 e. The summed E-state index contributed by atoms with van der Waals surface area (Å²) in [6.45, 7) is 0. The van der Waals surface area contributed by atoms with E-state index in [-0.39, 0.29) is 6.04 Å². The lowest BCUT2D eigenvalue weighted by Gasteiger charge is -2.12. The molecule has 6 heteroatoms. The molecule has 5 nitrogen and oxygen atoms in total. The highest BCUT2D eigenvalue weighted by atomic mass is 35.5. The molecule has 0 radical (unpaired) electrons. The van der Waals surface area contributed by atoms with Gasteiger partial charge in [-0.2, -0.15) is 5.10 Å². The number of rotatable bonds is 5. The first kappa shape index (κ1) is 12.2. The van der Waals surface area contributed by atoms with E-state index in [1.165, 1.54) is 5.56 Å². The van der Waals surface area contributed by atoms with Crippen molar-refractivity contribution in [3.63, 3.8) is 0 Å². The van der Waals surface area contributed by atoms with Crippen molar-refractivity contribution in [3.8, 4) is 0 Å². The van der Waals surface area contributed by atoms with Crippen LogP contribution in [0.5, 0.6) is 0 Å². The number of hydrogen-bond donors (Lipinski definition) is 2. The lowest BCUT2D eigenvalue weighted by Crippen LogP contribution is -2.28. The predicted octanol–water partition coefficient (Wildman–Crippen LogP) is 1.80. The van der Waals surface area contributed by atoms with Crippen LogP contribution in [-0.2, 0) is 13.5 Å². The van der Waals surface area contributed by atoms with Crippen LogP contribution in [-0.4, -0.2) is 9.78 Å². The Kier molecular flexibility index (Phi) is 3.83. The number of hydrogen-bond acceptors (Lipinski definition) is 4. The van der Waals surface area contributed by atoms with Gasteiger partial charge >= 0.3 is 0 Å². The highest BCUT2D eigenvalue weighted by Crippen LogP contribution is 2.23. The maximum absolute atomic E-state index is 5.73. The second-order valence-electron chi connectivity index (χ2n) is 3.92. The van der Waals surface area contributed by atoms with Crippen LogP contribution in [0, 0.1) is 0 Å². The van der Waals surface area contributed by atoms with Gasteiger partial charge in [-0.15, -0.1) is 0 Å². The molecule has 0 fully saturated rings. The first-order valence-corrected chi connectivity index (χ1v) is 5.75. The molecular weight excluding hydrogens is 240 g/mol. The van der Waals surface area contributed by atoms with E-state index in [9.17, 15) is 0 Å². The van der Waals surface area contributed by atoms with Crippen molar-refractivity contribution in [2.24, 2.45) is 12.9 Å². The fraction of sp³-hybridized carbons (Fsp3) is 0.364. The number of furan rings is 1. The SMILES string of the molecule is Cn1cc(CCC(NN)c2ccc(Cl)o2)cn1. The molecule has 0 saturated heterocycles. The minimum Gasteiger partial charge on any atom is -0.448 e. The smallest absolute Gasteiger partial charge is 0.193 e. The third-order valence-corrected chi connectivity index (χ3v) is 2.82. The normalized spacial score (nSPS) is 12.9. The van der Waals surface area contributed by atoms with E-state index in [2.05, 4.69) is 10.5 Å². The molecule has 0 spiro atoms. The zero-order valence-electron chi connectivity index (χ0n) is 9.56. The highest BCUT2D eigenvalue weighted by molar-refractivity contribution is 6.28. The lowest BCUT2D eigenvalue weighted by molar-refractivity contribution is 0.402. The summed E-state index contributed by atoms with van der Waals surface area (Å²) in [6.07, 6.45) is 5.54. The van der Waals surface area contributed by atoms with Gasteiger partial charge in [0.2, 0.25) is 0 Å². The third kappa shape index (κ3) is 3.09. The van der Waals surface area contributed by atoms with Crippen molar-refractivity contribution in [3.05, 3.63) is 41.1 Å². The summed E-state index contributed by atoms with van der Waals surface area (Å²) in [5.41, 5.74) is 3.90. The fourth-order valence-electron chi connectivity index (χ4n) is 1.74. The zero-order chi connectivity index (χ0) is 12.3. The first-order valence-electron chi connectivity index (χ1n) is 5.38. The molecule has 1 atom stereocenters. The zero-order valence-corrected chi connectivity index (χ0v) is 10.3. The topological polar surface area (TPSA) is 69.0 Å². The van der Waals surface area contributed by atoms with Gasteiger partial charge < -0.3 is 4.42 Å². The van der Waals surface area contributed by atoms with Crippen molar-refractivity contribution in [1.82, 2.24) is 15.2 Å². The number of nitrogens with zero attached hydrogens (tertiary/aromatic N) is 2. The standard InChI is InChI=1S/C11H15ClN4O/c1-16-7-8(6-14-16)2-3-9(15-13)10-4-5-11(12)17-10/h4-7,9,15H,2-3,13H2,1H3. The van der Waals surface area contributed by atoms with Crippen molar-refractivity contribution in [1.29, 1.82) is 0 Å². The van der Waals surface area contributed by atoms with Crippen LogP contribution in [0.15, 0.2) is 28.9 Å². The van der Waals surface area contributed by atoms with Crippen LogP contribution in [0.3, 0.4) is 0 Å². The van der Waals surface area contributed by atoms with Crippen molar-refractivity contribution in [2.75, 3.05) is 0 Å². The van der Waals surface area contributed by atoms with Gasteiger partial charge in [-0.3, -0.25) is 10.5 Å².